The summed E-state index contributed by atoms with van der Waals surface area (Å²) in [5.74, 6) is -0.442. The Bertz CT molecular complexity index is 943. The van der Waals surface area contributed by atoms with Crippen molar-refractivity contribution in [1.82, 2.24) is 25.2 Å². The SMILES string of the molecule is NC(=S)NN=C1CC(n2nnn(-c3ccccc3F)c2=S)C2COC1O2. The fourth-order valence-corrected chi connectivity index (χ4v) is 3.30. The second kappa shape index (κ2) is 6.79. The second-order valence-corrected chi connectivity index (χ2v) is 6.56. The molecule has 1 aromatic carbocycles. The van der Waals surface area contributed by atoms with Gasteiger partial charge in [0.05, 0.1) is 18.4 Å². The Morgan fingerprint density at radius 1 is 1.38 bits per heavy atom. The summed E-state index contributed by atoms with van der Waals surface area (Å²) >= 11 is 10.2. The van der Waals surface area contributed by atoms with Gasteiger partial charge in [-0.1, -0.05) is 12.1 Å². The van der Waals surface area contributed by atoms with Gasteiger partial charge >= 0.3 is 0 Å². The number of para-hydroxylation sites is 1. The van der Waals surface area contributed by atoms with Crippen LogP contribution in [0.25, 0.3) is 5.69 Å². The number of nitrogens with one attached hydrogen (secondary N) is 1. The van der Waals surface area contributed by atoms with E-state index in [1.807, 2.05) is 0 Å². The average molecular weight is 395 g/mol. The summed E-state index contributed by atoms with van der Waals surface area (Å²) < 4.78 is 28.5. The van der Waals surface area contributed by atoms with Crippen molar-refractivity contribution in [2.24, 2.45) is 10.8 Å². The smallest absolute Gasteiger partial charge is 0.221 e. The van der Waals surface area contributed by atoms with Gasteiger partial charge in [0.15, 0.2) is 11.4 Å². The molecule has 0 amide bonds. The second-order valence-electron chi connectivity index (χ2n) is 5.76. The Balaban J connectivity index is 1.68. The number of hydrogen-bond acceptors (Lipinski definition) is 7. The maximum atomic E-state index is 14.1. The molecule has 2 bridgehead atoms. The molecule has 2 saturated heterocycles. The molecule has 12 heteroatoms. The Morgan fingerprint density at radius 3 is 2.96 bits per heavy atom. The van der Waals surface area contributed by atoms with Gasteiger partial charge in [-0.3, -0.25) is 5.43 Å². The predicted molar refractivity (Wildman–Crippen MR) is 95.8 cm³/mol. The van der Waals surface area contributed by atoms with E-state index in [1.54, 1.807) is 18.2 Å². The van der Waals surface area contributed by atoms with Crippen LogP contribution in [-0.4, -0.2) is 49.6 Å². The van der Waals surface area contributed by atoms with E-state index >= 15 is 0 Å². The van der Waals surface area contributed by atoms with Gasteiger partial charge in [-0.2, -0.15) is 9.78 Å². The number of hydrogen-bond donors (Lipinski definition) is 2. The minimum Gasteiger partial charge on any atom is -0.375 e. The molecule has 1 aromatic heterocycles. The molecule has 0 aliphatic carbocycles. The zero-order valence-electron chi connectivity index (χ0n) is 13.3. The number of nitrogens with two attached hydrogens (primary N) is 1. The molecule has 0 saturated carbocycles. The van der Waals surface area contributed by atoms with E-state index in [-0.39, 0.29) is 27.7 Å². The fraction of sp³-hybridized carbons (Fsp3) is 0.357. The Labute approximate surface area is 157 Å². The van der Waals surface area contributed by atoms with Crippen LogP contribution in [0.3, 0.4) is 0 Å². The third-order valence-corrected chi connectivity index (χ3v) is 4.59. The first-order valence-electron chi connectivity index (χ1n) is 7.73. The lowest BCUT2D eigenvalue weighted by atomic mass is 10.0. The molecule has 4 rings (SSSR count). The molecule has 3 atom stereocenters. The van der Waals surface area contributed by atoms with Crippen LogP contribution < -0.4 is 11.2 Å². The zero-order chi connectivity index (χ0) is 18.3. The molecule has 9 nitrogen and oxygen atoms in total. The number of rotatable bonds is 3. The van der Waals surface area contributed by atoms with E-state index in [0.29, 0.717) is 18.7 Å². The normalized spacial score (nSPS) is 26.2. The Kier molecular flexibility index (Phi) is 4.48. The molecule has 0 radical (unpaired) electrons. The first-order chi connectivity index (χ1) is 12.5. The van der Waals surface area contributed by atoms with Crippen LogP contribution in [0.1, 0.15) is 12.5 Å². The monoisotopic (exact) mass is 395 g/mol. The number of tetrazole rings is 1. The molecular formula is C14H14FN7O2S2. The number of thiocarbonyl (C=S) groups is 1. The number of aromatic nitrogens is 4. The molecule has 0 spiro atoms. The number of benzene rings is 1. The largest absolute Gasteiger partial charge is 0.375 e. The highest BCUT2D eigenvalue weighted by Gasteiger charge is 2.44. The summed E-state index contributed by atoms with van der Waals surface area (Å²) in [7, 11) is 0. The molecule has 136 valence electrons. The van der Waals surface area contributed by atoms with E-state index in [0.717, 1.165) is 0 Å². The van der Waals surface area contributed by atoms with E-state index < -0.39 is 12.1 Å². The van der Waals surface area contributed by atoms with Gasteiger partial charge in [0.25, 0.3) is 0 Å². The van der Waals surface area contributed by atoms with Gasteiger partial charge < -0.3 is 15.2 Å². The average Bonchev–Trinajstić information content (AvgIpc) is 3.20. The van der Waals surface area contributed by atoms with Gasteiger partial charge in [-0.25, -0.2) is 9.07 Å². The number of nitrogens with zero attached hydrogens (tertiary/aromatic N) is 5. The van der Waals surface area contributed by atoms with Crippen LogP contribution in [0, 0.1) is 10.6 Å². The standard InChI is InChI=1S/C14H14FN7O2S2/c15-7-3-1-2-4-9(7)21-14(26)22(20-19-21)10-5-8(17-18-13(16)25)12-23-6-11(10)24-12/h1-4,10-12H,5-6H2,(H3,16,18,25). The fourth-order valence-electron chi connectivity index (χ4n) is 2.95. The van der Waals surface area contributed by atoms with Crippen molar-refractivity contribution in [2.75, 3.05) is 6.61 Å². The van der Waals surface area contributed by atoms with Crippen molar-refractivity contribution in [2.45, 2.75) is 24.9 Å². The first-order valence-corrected chi connectivity index (χ1v) is 8.54. The molecular weight excluding hydrogens is 381 g/mol. The molecule has 2 aliphatic rings. The minimum absolute atomic E-state index is 0.0382. The van der Waals surface area contributed by atoms with Gasteiger partial charge in [-0.15, -0.1) is 0 Å². The maximum Gasteiger partial charge on any atom is 0.221 e. The van der Waals surface area contributed by atoms with Gasteiger partial charge in [0.1, 0.15) is 17.6 Å². The predicted octanol–water partition coefficient (Wildman–Crippen LogP) is 0.813. The van der Waals surface area contributed by atoms with Gasteiger partial charge in [0.2, 0.25) is 4.77 Å². The number of ether oxygens (including phenoxy) is 2. The van der Waals surface area contributed by atoms with E-state index in [9.17, 15) is 4.39 Å². The molecule has 3 unspecified atom stereocenters. The summed E-state index contributed by atoms with van der Waals surface area (Å²) in [6, 6.07) is 5.91. The Morgan fingerprint density at radius 2 is 2.19 bits per heavy atom. The topological polar surface area (TPSA) is 105 Å². The van der Waals surface area contributed by atoms with Crippen molar-refractivity contribution in [3.05, 3.63) is 34.9 Å². The number of halogens is 1. The molecule has 2 fully saturated rings. The lowest BCUT2D eigenvalue weighted by Crippen LogP contribution is -2.39. The van der Waals surface area contributed by atoms with E-state index in [1.165, 1.54) is 15.4 Å². The quantitative estimate of drug-likeness (QED) is 0.581. The first kappa shape index (κ1) is 17.1. The Hall–Kier alpha value is -2.28. The number of hydrazone groups is 1. The van der Waals surface area contributed by atoms with Crippen LogP contribution in [0.15, 0.2) is 29.4 Å². The van der Waals surface area contributed by atoms with Crippen molar-refractivity contribution in [3.8, 4) is 5.69 Å². The molecule has 2 aliphatic heterocycles. The third-order valence-electron chi connectivity index (χ3n) is 4.14. The molecule has 3 heterocycles. The van der Waals surface area contributed by atoms with Crippen molar-refractivity contribution in [1.29, 1.82) is 0 Å². The summed E-state index contributed by atoms with van der Waals surface area (Å²) in [5, 5.41) is 12.3. The maximum absolute atomic E-state index is 14.1. The van der Waals surface area contributed by atoms with E-state index in [4.69, 9.17) is 39.6 Å². The van der Waals surface area contributed by atoms with Crippen LogP contribution in [-0.2, 0) is 9.47 Å². The van der Waals surface area contributed by atoms with Crippen LogP contribution in [0.2, 0.25) is 0 Å². The minimum atomic E-state index is -0.561. The van der Waals surface area contributed by atoms with E-state index in [2.05, 4.69) is 21.0 Å². The summed E-state index contributed by atoms with van der Waals surface area (Å²) in [6.07, 6.45) is -0.370. The van der Waals surface area contributed by atoms with Gasteiger partial charge in [-0.05, 0) is 47.0 Å². The summed E-state index contributed by atoms with van der Waals surface area (Å²) in [5.41, 5.74) is 8.75. The zero-order valence-corrected chi connectivity index (χ0v) is 14.9. The molecule has 26 heavy (non-hydrogen) atoms. The van der Waals surface area contributed by atoms with Crippen molar-refractivity contribution >= 4 is 35.3 Å². The third kappa shape index (κ3) is 3.00. The summed E-state index contributed by atoms with van der Waals surface area (Å²) in [6.45, 7) is 0.357. The lowest BCUT2D eigenvalue weighted by Gasteiger charge is -2.27. The van der Waals surface area contributed by atoms with Crippen LogP contribution in [0.4, 0.5) is 4.39 Å². The van der Waals surface area contributed by atoms with Gasteiger partial charge in [0, 0.05) is 6.42 Å². The lowest BCUT2D eigenvalue weighted by molar-refractivity contribution is -0.0324. The van der Waals surface area contributed by atoms with Crippen LogP contribution >= 0.6 is 24.4 Å². The summed E-state index contributed by atoms with van der Waals surface area (Å²) in [4.78, 5) is 0. The highest BCUT2D eigenvalue weighted by Crippen LogP contribution is 2.33. The molecule has 2 aromatic rings. The highest BCUT2D eigenvalue weighted by atomic mass is 32.1. The molecule has 3 N–H and O–H groups in total. The van der Waals surface area contributed by atoms with Crippen molar-refractivity contribution < 1.29 is 13.9 Å². The highest BCUT2D eigenvalue weighted by molar-refractivity contribution is 7.80. The van der Waals surface area contributed by atoms with Crippen LogP contribution in [0.5, 0.6) is 0 Å². The number of fused-ring (bicyclic) bond motifs is 2. The van der Waals surface area contributed by atoms with Crippen molar-refractivity contribution in [3.63, 3.8) is 0 Å².